The second kappa shape index (κ2) is 6.10. The summed E-state index contributed by atoms with van der Waals surface area (Å²) in [4.78, 5) is 15.8. The predicted octanol–water partition coefficient (Wildman–Crippen LogP) is 3.37. The normalized spacial score (nSPS) is 12.7. The van der Waals surface area contributed by atoms with Gasteiger partial charge in [0.2, 0.25) is 5.91 Å². The van der Waals surface area contributed by atoms with Crippen LogP contribution in [0.25, 0.3) is 11.0 Å². The molecule has 1 aromatic heterocycles. The van der Waals surface area contributed by atoms with E-state index in [-0.39, 0.29) is 17.1 Å². The fraction of sp³-hybridized carbons (Fsp3) is 0.385. The number of nitrogens with zero attached hydrogens (tertiary/aromatic N) is 2. The molecule has 0 saturated heterocycles. The molecule has 0 aliphatic rings. The van der Waals surface area contributed by atoms with Crippen molar-refractivity contribution in [2.45, 2.75) is 25.3 Å². The van der Waals surface area contributed by atoms with Crippen molar-refractivity contribution in [2.24, 2.45) is 0 Å². The predicted molar refractivity (Wildman–Crippen MR) is 80.3 cm³/mol. The topological polar surface area (TPSA) is 46.9 Å². The van der Waals surface area contributed by atoms with E-state index in [0.717, 1.165) is 5.52 Å². The average molecular weight is 363 g/mol. The van der Waals surface area contributed by atoms with Crippen LogP contribution in [0.2, 0.25) is 0 Å². The number of hydrogen-bond acceptors (Lipinski definition) is 2. The molecule has 20 heavy (non-hydrogen) atoms. The van der Waals surface area contributed by atoms with E-state index in [0.29, 0.717) is 28.8 Å². The number of rotatable bonds is 4. The molecule has 2 aromatic rings. The van der Waals surface area contributed by atoms with Crippen LogP contribution in [-0.4, -0.2) is 22.5 Å². The molecular weight excluding hydrogens is 349 g/mol. The molecule has 1 aromatic carbocycles. The molecule has 0 aliphatic carbocycles. The summed E-state index contributed by atoms with van der Waals surface area (Å²) >= 11 is 9.28. The largest absolute Gasteiger partial charge is 0.359 e. The Labute approximate surface area is 129 Å². The van der Waals surface area contributed by atoms with Crippen LogP contribution in [0.3, 0.4) is 0 Å². The fourth-order valence-electron chi connectivity index (χ4n) is 2.02. The Hall–Kier alpha value is -1.14. The van der Waals surface area contributed by atoms with Crippen molar-refractivity contribution >= 4 is 44.5 Å². The van der Waals surface area contributed by atoms with Crippen molar-refractivity contribution in [1.82, 2.24) is 14.9 Å². The maximum atomic E-state index is 13.6. The minimum Gasteiger partial charge on any atom is -0.359 e. The van der Waals surface area contributed by atoms with Crippen LogP contribution in [-0.2, 0) is 11.3 Å². The zero-order valence-electron chi connectivity index (χ0n) is 11.1. The maximum absolute atomic E-state index is 13.6. The Morgan fingerprint density at radius 2 is 2.30 bits per heavy atom. The van der Waals surface area contributed by atoms with Gasteiger partial charge in [-0.3, -0.25) is 4.79 Å². The van der Waals surface area contributed by atoms with E-state index < -0.39 is 0 Å². The molecule has 0 radical (unpaired) electrons. The first-order chi connectivity index (χ1) is 9.43. The number of hydrogen-bond donors (Lipinski definition) is 1. The van der Waals surface area contributed by atoms with Gasteiger partial charge in [0.05, 0.1) is 20.9 Å². The van der Waals surface area contributed by atoms with Crippen LogP contribution >= 0.6 is 27.5 Å². The highest BCUT2D eigenvalue weighted by Crippen LogP contribution is 2.28. The summed E-state index contributed by atoms with van der Waals surface area (Å²) in [6, 6.07) is 3.02. The summed E-state index contributed by atoms with van der Waals surface area (Å²) in [6.45, 7) is 2.24. The van der Waals surface area contributed by atoms with Crippen LogP contribution in [0.1, 0.15) is 24.5 Å². The van der Waals surface area contributed by atoms with Gasteiger partial charge in [0, 0.05) is 26.1 Å². The van der Waals surface area contributed by atoms with Crippen LogP contribution in [0.4, 0.5) is 4.39 Å². The smallest absolute Gasteiger partial charge is 0.221 e. The zero-order valence-corrected chi connectivity index (χ0v) is 13.4. The van der Waals surface area contributed by atoms with Crippen molar-refractivity contribution in [1.29, 1.82) is 0 Å². The number of carbonyl (C=O) groups excluding carboxylic acids is 1. The lowest BCUT2D eigenvalue weighted by Crippen LogP contribution is -2.20. The standard InChI is InChI=1S/C13H14BrClFN3O/c1-7(15)13-18-10-6-9(16)8(14)5-11(10)19(13)4-3-12(20)17-2/h5-7H,3-4H2,1-2H3,(H,17,20). The Morgan fingerprint density at radius 1 is 1.60 bits per heavy atom. The molecule has 1 unspecified atom stereocenters. The molecule has 108 valence electrons. The zero-order chi connectivity index (χ0) is 14.9. The number of aryl methyl sites for hydroxylation is 1. The van der Waals surface area contributed by atoms with Gasteiger partial charge in [-0.1, -0.05) is 0 Å². The molecule has 1 atom stereocenters. The number of nitrogens with one attached hydrogen (secondary N) is 1. The monoisotopic (exact) mass is 361 g/mol. The van der Waals surface area contributed by atoms with Gasteiger partial charge in [0.25, 0.3) is 0 Å². The van der Waals surface area contributed by atoms with Gasteiger partial charge < -0.3 is 9.88 Å². The lowest BCUT2D eigenvalue weighted by atomic mass is 10.3. The van der Waals surface area contributed by atoms with Crippen molar-refractivity contribution in [3.8, 4) is 0 Å². The Balaban J connectivity index is 2.50. The molecule has 1 heterocycles. The third-order valence-corrected chi connectivity index (χ3v) is 3.82. The molecular formula is C13H14BrClFN3O. The van der Waals surface area contributed by atoms with E-state index in [9.17, 15) is 9.18 Å². The number of amides is 1. The number of alkyl halides is 1. The fourth-order valence-corrected chi connectivity index (χ4v) is 2.51. The minimum atomic E-state index is -0.373. The number of imidazole rings is 1. The van der Waals surface area contributed by atoms with Gasteiger partial charge in [-0.25, -0.2) is 9.37 Å². The van der Waals surface area contributed by atoms with E-state index >= 15 is 0 Å². The quantitative estimate of drug-likeness (QED) is 0.848. The van der Waals surface area contributed by atoms with Crippen molar-refractivity contribution in [3.63, 3.8) is 0 Å². The molecule has 4 nitrogen and oxygen atoms in total. The van der Waals surface area contributed by atoms with Gasteiger partial charge >= 0.3 is 0 Å². The second-order valence-corrected chi connectivity index (χ2v) is 5.92. The number of fused-ring (bicyclic) bond motifs is 1. The van der Waals surface area contributed by atoms with Gasteiger partial charge in [0.1, 0.15) is 11.6 Å². The Kier molecular flexibility index (Phi) is 4.65. The van der Waals surface area contributed by atoms with E-state index in [4.69, 9.17) is 11.6 Å². The van der Waals surface area contributed by atoms with Crippen LogP contribution in [0.5, 0.6) is 0 Å². The van der Waals surface area contributed by atoms with Crippen molar-refractivity contribution < 1.29 is 9.18 Å². The summed E-state index contributed by atoms with van der Waals surface area (Å²) in [7, 11) is 1.59. The Morgan fingerprint density at radius 3 is 2.90 bits per heavy atom. The van der Waals surface area contributed by atoms with Crippen molar-refractivity contribution in [2.75, 3.05) is 7.05 Å². The number of benzene rings is 1. The van der Waals surface area contributed by atoms with E-state index in [2.05, 4.69) is 26.2 Å². The molecule has 7 heteroatoms. The summed E-state index contributed by atoms with van der Waals surface area (Å²) in [6.07, 6.45) is 0.313. The first kappa shape index (κ1) is 15.3. The highest BCUT2D eigenvalue weighted by molar-refractivity contribution is 9.10. The third kappa shape index (κ3) is 2.96. The van der Waals surface area contributed by atoms with Gasteiger partial charge in [-0.15, -0.1) is 11.6 Å². The van der Waals surface area contributed by atoms with Gasteiger partial charge in [-0.2, -0.15) is 0 Å². The molecule has 1 N–H and O–H groups in total. The molecule has 2 rings (SSSR count). The van der Waals surface area contributed by atoms with Gasteiger partial charge in [-0.05, 0) is 28.9 Å². The summed E-state index contributed by atoms with van der Waals surface area (Å²) < 4.78 is 15.8. The number of carbonyl (C=O) groups is 1. The molecule has 0 aliphatic heterocycles. The molecule has 0 saturated carbocycles. The lowest BCUT2D eigenvalue weighted by molar-refractivity contribution is -0.120. The van der Waals surface area contributed by atoms with Crippen LogP contribution in [0.15, 0.2) is 16.6 Å². The van der Waals surface area contributed by atoms with Crippen molar-refractivity contribution in [3.05, 3.63) is 28.2 Å². The summed E-state index contributed by atoms with van der Waals surface area (Å²) in [5.74, 6) is 0.187. The summed E-state index contributed by atoms with van der Waals surface area (Å²) in [5.41, 5.74) is 1.29. The first-order valence-corrected chi connectivity index (χ1v) is 7.36. The second-order valence-electron chi connectivity index (χ2n) is 4.42. The first-order valence-electron chi connectivity index (χ1n) is 6.14. The highest BCUT2D eigenvalue weighted by atomic mass is 79.9. The lowest BCUT2D eigenvalue weighted by Gasteiger charge is -2.10. The van der Waals surface area contributed by atoms with E-state index in [1.54, 1.807) is 20.0 Å². The third-order valence-electron chi connectivity index (χ3n) is 3.02. The number of halogens is 3. The number of aromatic nitrogens is 2. The van der Waals surface area contributed by atoms with E-state index in [1.807, 2.05) is 4.57 Å². The minimum absolute atomic E-state index is 0.0683. The van der Waals surface area contributed by atoms with Crippen LogP contribution < -0.4 is 5.32 Å². The molecule has 1 amide bonds. The maximum Gasteiger partial charge on any atom is 0.221 e. The SMILES string of the molecule is CNC(=O)CCn1c(C(C)Cl)nc2cc(F)c(Br)cc21. The summed E-state index contributed by atoms with van der Waals surface area (Å²) in [5, 5.41) is 2.24. The average Bonchev–Trinajstić information content (AvgIpc) is 2.74. The van der Waals surface area contributed by atoms with Gasteiger partial charge in [0.15, 0.2) is 0 Å². The molecule has 0 spiro atoms. The molecule has 0 fully saturated rings. The van der Waals surface area contributed by atoms with E-state index in [1.165, 1.54) is 6.07 Å². The molecule has 0 bridgehead atoms. The highest BCUT2D eigenvalue weighted by Gasteiger charge is 2.17. The van der Waals surface area contributed by atoms with Crippen LogP contribution in [0, 0.1) is 5.82 Å². The Bertz CT molecular complexity index is 657.